The number of carbonyl (C=O) groups excluding carboxylic acids is 2. The summed E-state index contributed by atoms with van der Waals surface area (Å²) >= 11 is 0. The number of hydrogen-bond acceptors (Lipinski definition) is 5. The van der Waals surface area contributed by atoms with E-state index in [1.807, 2.05) is 0 Å². The van der Waals surface area contributed by atoms with Crippen LogP contribution in [0.5, 0.6) is 5.75 Å². The Morgan fingerprint density at radius 3 is 2.58 bits per heavy atom. The minimum atomic E-state index is -0.368. The Morgan fingerprint density at radius 2 is 2.00 bits per heavy atom. The smallest absolute Gasteiger partial charge is 0.307 e. The average molecular weight is 266 g/mol. The fourth-order valence-electron chi connectivity index (χ4n) is 1.60. The van der Waals surface area contributed by atoms with Gasteiger partial charge in [-0.15, -0.1) is 0 Å². The molecule has 0 bridgehead atoms. The average Bonchev–Trinajstić information content (AvgIpc) is 2.43. The lowest BCUT2D eigenvalue weighted by Crippen LogP contribution is -2.30. The normalized spacial score (nSPS) is 9.84. The molecule has 6 heteroatoms. The summed E-state index contributed by atoms with van der Waals surface area (Å²) < 4.78 is 9.65. The van der Waals surface area contributed by atoms with Gasteiger partial charge in [0, 0.05) is 19.3 Å². The van der Waals surface area contributed by atoms with E-state index in [1.54, 1.807) is 25.2 Å². The number of benzene rings is 1. The summed E-state index contributed by atoms with van der Waals surface area (Å²) in [6, 6.07) is 5.00. The van der Waals surface area contributed by atoms with Crippen molar-refractivity contribution in [1.29, 1.82) is 0 Å². The molecule has 1 aromatic carbocycles. The van der Waals surface area contributed by atoms with E-state index < -0.39 is 0 Å². The SMILES string of the molecule is COC(=O)CCN(C)C(=O)c1c(N)cccc1OC. The lowest BCUT2D eigenvalue weighted by Gasteiger charge is -2.19. The molecule has 0 aliphatic rings. The molecule has 6 nitrogen and oxygen atoms in total. The van der Waals surface area contributed by atoms with Gasteiger partial charge in [-0.1, -0.05) is 6.07 Å². The summed E-state index contributed by atoms with van der Waals surface area (Å²) in [5.41, 5.74) is 6.44. The molecule has 0 heterocycles. The standard InChI is InChI=1S/C13H18N2O4/c1-15(8-7-11(16)19-3)13(17)12-9(14)5-4-6-10(12)18-2/h4-6H,7-8,14H2,1-3H3. The van der Waals surface area contributed by atoms with Gasteiger partial charge in [0.15, 0.2) is 0 Å². The number of nitrogen functional groups attached to an aromatic ring is 1. The number of methoxy groups -OCH3 is 2. The Kier molecular flexibility index (Phi) is 5.17. The molecule has 104 valence electrons. The lowest BCUT2D eigenvalue weighted by molar-refractivity contribution is -0.140. The van der Waals surface area contributed by atoms with Crippen molar-refractivity contribution >= 4 is 17.6 Å². The Morgan fingerprint density at radius 1 is 1.32 bits per heavy atom. The summed E-state index contributed by atoms with van der Waals surface area (Å²) in [5.74, 6) is -0.249. The third-order valence-corrected chi connectivity index (χ3v) is 2.72. The van der Waals surface area contributed by atoms with Crippen LogP contribution in [0.15, 0.2) is 18.2 Å². The third-order valence-electron chi connectivity index (χ3n) is 2.72. The van der Waals surface area contributed by atoms with Crippen LogP contribution in [-0.2, 0) is 9.53 Å². The minimum Gasteiger partial charge on any atom is -0.496 e. The molecule has 0 fully saturated rings. The molecule has 0 saturated heterocycles. The first-order valence-electron chi connectivity index (χ1n) is 5.76. The molecular formula is C13H18N2O4. The highest BCUT2D eigenvalue weighted by atomic mass is 16.5. The van der Waals surface area contributed by atoms with E-state index in [0.29, 0.717) is 17.0 Å². The Hall–Kier alpha value is -2.24. The number of nitrogens with zero attached hydrogens (tertiary/aromatic N) is 1. The molecule has 0 unspecified atom stereocenters. The molecule has 2 N–H and O–H groups in total. The maximum atomic E-state index is 12.3. The molecule has 0 aliphatic carbocycles. The Bertz CT molecular complexity index is 474. The molecule has 19 heavy (non-hydrogen) atoms. The van der Waals surface area contributed by atoms with Crippen molar-refractivity contribution in [1.82, 2.24) is 4.90 Å². The first-order valence-corrected chi connectivity index (χ1v) is 5.76. The number of carbonyl (C=O) groups is 2. The van der Waals surface area contributed by atoms with Crippen LogP contribution in [0.25, 0.3) is 0 Å². The first kappa shape index (κ1) is 14.8. The monoisotopic (exact) mass is 266 g/mol. The minimum absolute atomic E-state index is 0.133. The number of anilines is 1. The molecule has 0 radical (unpaired) electrons. The molecule has 1 amide bonds. The predicted molar refractivity (Wildman–Crippen MR) is 71.0 cm³/mol. The van der Waals surface area contributed by atoms with Crippen LogP contribution in [0.1, 0.15) is 16.8 Å². The number of ether oxygens (including phenoxy) is 2. The van der Waals surface area contributed by atoms with Crippen LogP contribution >= 0.6 is 0 Å². The molecule has 1 aromatic rings. The van der Waals surface area contributed by atoms with Gasteiger partial charge in [0.05, 0.1) is 20.6 Å². The van der Waals surface area contributed by atoms with Crippen molar-refractivity contribution in [3.05, 3.63) is 23.8 Å². The molecule has 0 aromatic heterocycles. The van der Waals surface area contributed by atoms with E-state index in [2.05, 4.69) is 4.74 Å². The highest BCUT2D eigenvalue weighted by Gasteiger charge is 2.20. The van der Waals surface area contributed by atoms with Crippen molar-refractivity contribution < 1.29 is 19.1 Å². The van der Waals surface area contributed by atoms with E-state index >= 15 is 0 Å². The van der Waals surface area contributed by atoms with Crippen LogP contribution in [0.2, 0.25) is 0 Å². The van der Waals surface area contributed by atoms with Gasteiger partial charge in [0.1, 0.15) is 11.3 Å². The number of nitrogens with two attached hydrogens (primary N) is 1. The van der Waals surface area contributed by atoms with Crippen LogP contribution in [-0.4, -0.2) is 44.6 Å². The zero-order valence-electron chi connectivity index (χ0n) is 11.3. The van der Waals surface area contributed by atoms with Crippen molar-refractivity contribution in [3.63, 3.8) is 0 Å². The zero-order valence-corrected chi connectivity index (χ0v) is 11.3. The predicted octanol–water partition coefficient (Wildman–Crippen LogP) is 0.912. The Labute approximate surface area is 112 Å². The maximum Gasteiger partial charge on any atom is 0.307 e. The van der Waals surface area contributed by atoms with Gasteiger partial charge >= 0.3 is 5.97 Å². The van der Waals surface area contributed by atoms with Gasteiger partial charge in [0.25, 0.3) is 5.91 Å². The van der Waals surface area contributed by atoms with E-state index in [9.17, 15) is 9.59 Å². The summed E-state index contributed by atoms with van der Waals surface area (Å²) in [5, 5.41) is 0. The molecule has 0 saturated carbocycles. The molecular weight excluding hydrogens is 248 g/mol. The van der Waals surface area contributed by atoms with Gasteiger partial charge in [-0.3, -0.25) is 9.59 Å². The number of hydrogen-bond donors (Lipinski definition) is 1. The largest absolute Gasteiger partial charge is 0.496 e. The fraction of sp³-hybridized carbons (Fsp3) is 0.385. The molecule has 1 rings (SSSR count). The second-order valence-electron chi connectivity index (χ2n) is 3.98. The van der Waals surface area contributed by atoms with E-state index in [-0.39, 0.29) is 24.8 Å². The highest BCUT2D eigenvalue weighted by molar-refractivity contribution is 6.01. The zero-order chi connectivity index (χ0) is 14.4. The molecule has 0 atom stereocenters. The maximum absolute atomic E-state index is 12.3. The van der Waals surface area contributed by atoms with Gasteiger partial charge in [0.2, 0.25) is 0 Å². The van der Waals surface area contributed by atoms with Crippen molar-refractivity contribution in [2.45, 2.75) is 6.42 Å². The van der Waals surface area contributed by atoms with Crippen molar-refractivity contribution in [2.24, 2.45) is 0 Å². The van der Waals surface area contributed by atoms with Gasteiger partial charge in [-0.2, -0.15) is 0 Å². The van der Waals surface area contributed by atoms with Gasteiger partial charge < -0.3 is 20.1 Å². The summed E-state index contributed by atoms with van der Waals surface area (Å²) in [7, 11) is 4.37. The fourth-order valence-corrected chi connectivity index (χ4v) is 1.60. The number of rotatable bonds is 5. The van der Waals surface area contributed by atoms with Gasteiger partial charge in [-0.05, 0) is 12.1 Å². The van der Waals surface area contributed by atoms with Gasteiger partial charge in [-0.25, -0.2) is 0 Å². The first-order chi connectivity index (χ1) is 9.01. The van der Waals surface area contributed by atoms with Crippen LogP contribution in [0.4, 0.5) is 5.69 Å². The van der Waals surface area contributed by atoms with Crippen molar-refractivity contribution in [2.75, 3.05) is 33.5 Å². The quantitative estimate of drug-likeness (QED) is 0.633. The van der Waals surface area contributed by atoms with Crippen LogP contribution in [0, 0.1) is 0 Å². The lowest BCUT2D eigenvalue weighted by atomic mass is 10.1. The highest BCUT2D eigenvalue weighted by Crippen LogP contribution is 2.25. The summed E-state index contributed by atoms with van der Waals surface area (Å²) in [6.45, 7) is 0.253. The van der Waals surface area contributed by atoms with Crippen molar-refractivity contribution in [3.8, 4) is 5.75 Å². The molecule has 0 spiro atoms. The molecule has 0 aliphatic heterocycles. The summed E-state index contributed by atoms with van der Waals surface area (Å²) in [4.78, 5) is 24.7. The topological polar surface area (TPSA) is 81.9 Å². The van der Waals surface area contributed by atoms with Crippen LogP contribution in [0.3, 0.4) is 0 Å². The number of esters is 1. The summed E-state index contributed by atoms with van der Waals surface area (Å²) in [6.07, 6.45) is 0.133. The number of amides is 1. The second kappa shape index (κ2) is 6.63. The third kappa shape index (κ3) is 3.61. The second-order valence-corrected chi connectivity index (χ2v) is 3.98. The van der Waals surface area contributed by atoms with E-state index in [4.69, 9.17) is 10.5 Å². The van der Waals surface area contributed by atoms with E-state index in [1.165, 1.54) is 19.1 Å². The Balaban J connectivity index is 2.85. The van der Waals surface area contributed by atoms with Crippen LogP contribution < -0.4 is 10.5 Å². The van der Waals surface area contributed by atoms with E-state index in [0.717, 1.165) is 0 Å².